The largest absolute Gasteiger partial charge is 0.465 e. The van der Waals surface area contributed by atoms with Gasteiger partial charge < -0.3 is 24.9 Å². The van der Waals surface area contributed by atoms with Gasteiger partial charge in [0, 0.05) is 32.7 Å². The average molecular weight is 422 g/mol. The number of likely N-dealkylation sites (tertiary alicyclic amines) is 1. The summed E-state index contributed by atoms with van der Waals surface area (Å²) in [4.78, 5) is 9.40. The Labute approximate surface area is 180 Å². The molecule has 2 aliphatic heterocycles. The number of morpholine rings is 1. The SMILES string of the molecule is CCNC(=NCC(C)(O)CN1CCOCC1)NCC(c1ccc(C)o1)N1CCCC1. The summed E-state index contributed by atoms with van der Waals surface area (Å²) < 4.78 is 11.3. The highest BCUT2D eigenvalue weighted by Gasteiger charge is 2.27. The van der Waals surface area contributed by atoms with Crippen molar-refractivity contribution in [3.63, 3.8) is 0 Å². The van der Waals surface area contributed by atoms with Crippen LogP contribution in [-0.4, -0.2) is 92.0 Å². The van der Waals surface area contributed by atoms with Crippen molar-refractivity contribution < 1.29 is 14.3 Å². The van der Waals surface area contributed by atoms with E-state index in [1.807, 2.05) is 19.9 Å². The molecule has 3 heterocycles. The zero-order valence-corrected chi connectivity index (χ0v) is 18.8. The van der Waals surface area contributed by atoms with E-state index in [0.717, 1.165) is 63.4 Å². The Balaban J connectivity index is 1.59. The monoisotopic (exact) mass is 421 g/mol. The molecule has 170 valence electrons. The van der Waals surface area contributed by atoms with E-state index in [4.69, 9.17) is 9.15 Å². The number of β-amino-alcohol motifs (C(OH)–C–C–N with tert-alkyl or cyclic N) is 1. The molecule has 2 unspecified atom stereocenters. The van der Waals surface area contributed by atoms with Crippen molar-refractivity contribution in [2.24, 2.45) is 4.99 Å². The Bertz CT molecular complexity index is 663. The van der Waals surface area contributed by atoms with Crippen LogP contribution in [0, 0.1) is 6.92 Å². The fourth-order valence-corrected chi connectivity index (χ4v) is 4.17. The minimum Gasteiger partial charge on any atom is -0.465 e. The van der Waals surface area contributed by atoms with Gasteiger partial charge in [0.2, 0.25) is 0 Å². The van der Waals surface area contributed by atoms with Crippen LogP contribution >= 0.6 is 0 Å². The predicted octanol–water partition coefficient (Wildman–Crippen LogP) is 1.36. The molecular weight excluding hydrogens is 382 g/mol. The van der Waals surface area contributed by atoms with Crippen LogP contribution in [0.2, 0.25) is 0 Å². The van der Waals surface area contributed by atoms with Crippen LogP contribution < -0.4 is 10.6 Å². The first-order valence-corrected chi connectivity index (χ1v) is 11.3. The summed E-state index contributed by atoms with van der Waals surface area (Å²) in [5, 5.41) is 17.6. The van der Waals surface area contributed by atoms with E-state index in [1.54, 1.807) is 0 Å². The van der Waals surface area contributed by atoms with Crippen LogP contribution in [0.3, 0.4) is 0 Å². The van der Waals surface area contributed by atoms with Crippen molar-refractivity contribution in [2.75, 3.05) is 65.6 Å². The minimum atomic E-state index is -0.883. The second kappa shape index (κ2) is 11.1. The maximum absolute atomic E-state index is 10.8. The van der Waals surface area contributed by atoms with Crippen LogP contribution in [0.4, 0.5) is 0 Å². The molecule has 1 aromatic heterocycles. The standard InChI is InChI=1S/C22H39N5O3/c1-4-23-21(25-16-22(3,28)17-26-11-13-29-14-12-26)24-15-19(27-9-5-6-10-27)20-8-7-18(2)30-20/h7-8,19,28H,4-6,9-17H2,1-3H3,(H2,23,24,25). The summed E-state index contributed by atoms with van der Waals surface area (Å²) in [5.41, 5.74) is -0.883. The highest BCUT2D eigenvalue weighted by atomic mass is 16.5. The Morgan fingerprint density at radius 1 is 1.20 bits per heavy atom. The highest BCUT2D eigenvalue weighted by molar-refractivity contribution is 5.79. The van der Waals surface area contributed by atoms with Crippen molar-refractivity contribution in [2.45, 2.75) is 45.3 Å². The predicted molar refractivity (Wildman–Crippen MR) is 119 cm³/mol. The van der Waals surface area contributed by atoms with Gasteiger partial charge in [-0.05, 0) is 58.8 Å². The lowest BCUT2D eigenvalue weighted by Gasteiger charge is -2.33. The number of furan rings is 1. The Morgan fingerprint density at radius 3 is 2.57 bits per heavy atom. The topological polar surface area (TPSA) is 85.5 Å². The molecular formula is C22H39N5O3. The van der Waals surface area contributed by atoms with Crippen molar-refractivity contribution in [3.05, 3.63) is 23.7 Å². The summed E-state index contributed by atoms with van der Waals surface area (Å²) >= 11 is 0. The van der Waals surface area contributed by atoms with Gasteiger partial charge in [-0.25, -0.2) is 0 Å². The number of ether oxygens (including phenoxy) is 1. The molecule has 1 aromatic rings. The third kappa shape index (κ3) is 6.97. The molecule has 0 aliphatic carbocycles. The molecule has 0 radical (unpaired) electrons. The van der Waals surface area contributed by atoms with Crippen LogP contribution in [0.25, 0.3) is 0 Å². The van der Waals surface area contributed by atoms with Gasteiger partial charge in [0.25, 0.3) is 0 Å². The van der Waals surface area contributed by atoms with E-state index < -0.39 is 5.60 Å². The number of guanidine groups is 1. The van der Waals surface area contributed by atoms with E-state index >= 15 is 0 Å². The molecule has 30 heavy (non-hydrogen) atoms. The molecule has 0 aromatic carbocycles. The molecule has 2 saturated heterocycles. The van der Waals surface area contributed by atoms with Crippen molar-refractivity contribution in [1.29, 1.82) is 0 Å². The first-order chi connectivity index (χ1) is 14.5. The first kappa shape index (κ1) is 23.1. The van der Waals surface area contributed by atoms with E-state index in [0.29, 0.717) is 19.6 Å². The van der Waals surface area contributed by atoms with Gasteiger partial charge in [-0.3, -0.25) is 14.8 Å². The van der Waals surface area contributed by atoms with E-state index in [-0.39, 0.29) is 6.04 Å². The number of rotatable bonds is 9. The number of aliphatic hydroxyl groups is 1. The normalized spacial score (nSPS) is 22.1. The smallest absolute Gasteiger partial charge is 0.191 e. The quantitative estimate of drug-likeness (QED) is 0.410. The summed E-state index contributed by atoms with van der Waals surface area (Å²) in [6, 6.07) is 4.29. The molecule has 2 aliphatic rings. The van der Waals surface area contributed by atoms with Crippen molar-refractivity contribution in [3.8, 4) is 0 Å². The Kier molecular flexibility index (Phi) is 8.56. The van der Waals surface area contributed by atoms with Gasteiger partial charge in [0.05, 0.1) is 31.4 Å². The van der Waals surface area contributed by atoms with Crippen LogP contribution in [0.5, 0.6) is 0 Å². The second-order valence-electron chi connectivity index (χ2n) is 8.67. The minimum absolute atomic E-state index is 0.180. The lowest BCUT2D eigenvalue weighted by atomic mass is 10.1. The van der Waals surface area contributed by atoms with Gasteiger partial charge in [-0.1, -0.05) is 0 Å². The number of nitrogens with zero attached hydrogens (tertiary/aromatic N) is 3. The fourth-order valence-electron chi connectivity index (χ4n) is 4.17. The lowest BCUT2D eigenvalue weighted by Crippen LogP contribution is -2.48. The summed E-state index contributed by atoms with van der Waals surface area (Å²) in [5.74, 6) is 2.67. The molecule has 3 rings (SSSR count). The van der Waals surface area contributed by atoms with E-state index in [2.05, 4.69) is 38.4 Å². The maximum atomic E-state index is 10.8. The van der Waals surface area contributed by atoms with Crippen molar-refractivity contribution >= 4 is 5.96 Å². The first-order valence-electron chi connectivity index (χ1n) is 11.3. The zero-order chi connectivity index (χ0) is 21.4. The molecule has 3 N–H and O–H groups in total. The van der Waals surface area contributed by atoms with Crippen LogP contribution in [0.15, 0.2) is 21.5 Å². The van der Waals surface area contributed by atoms with Gasteiger partial charge >= 0.3 is 0 Å². The molecule has 2 fully saturated rings. The third-order valence-electron chi connectivity index (χ3n) is 5.72. The number of nitrogens with one attached hydrogen (secondary N) is 2. The van der Waals surface area contributed by atoms with Crippen LogP contribution in [-0.2, 0) is 4.74 Å². The van der Waals surface area contributed by atoms with Crippen LogP contribution in [0.1, 0.15) is 44.3 Å². The van der Waals surface area contributed by atoms with Crippen molar-refractivity contribution in [1.82, 2.24) is 20.4 Å². The van der Waals surface area contributed by atoms with Gasteiger partial charge in [0.15, 0.2) is 5.96 Å². The van der Waals surface area contributed by atoms with Gasteiger partial charge in [-0.2, -0.15) is 0 Å². The van der Waals surface area contributed by atoms with E-state index in [9.17, 15) is 5.11 Å². The Morgan fingerprint density at radius 2 is 1.93 bits per heavy atom. The number of aliphatic imine (C=N–C) groups is 1. The third-order valence-corrected chi connectivity index (χ3v) is 5.72. The molecule has 8 heteroatoms. The second-order valence-corrected chi connectivity index (χ2v) is 8.67. The molecule has 8 nitrogen and oxygen atoms in total. The lowest BCUT2D eigenvalue weighted by molar-refractivity contribution is -0.0180. The highest BCUT2D eigenvalue weighted by Crippen LogP contribution is 2.26. The zero-order valence-electron chi connectivity index (χ0n) is 18.8. The summed E-state index contributed by atoms with van der Waals surface area (Å²) in [6.45, 7) is 13.7. The Hall–Kier alpha value is -1.61. The number of aryl methyl sites for hydroxylation is 1. The molecule has 0 bridgehead atoms. The maximum Gasteiger partial charge on any atom is 0.191 e. The van der Waals surface area contributed by atoms with Gasteiger partial charge in [0.1, 0.15) is 11.5 Å². The number of hydrogen-bond donors (Lipinski definition) is 3. The molecule has 2 atom stereocenters. The number of hydrogen-bond acceptors (Lipinski definition) is 6. The molecule has 0 saturated carbocycles. The molecule has 0 amide bonds. The van der Waals surface area contributed by atoms with Gasteiger partial charge in [-0.15, -0.1) is 0 Å². The fraction of sp³-hybridized carbons (Fsp3) is 0.773. The summed E-state index contributed by atoms with van der Waals surface area (Å²) in [6.07, 6.45) is 2.46. The molecule has 0 spiro atoms. The van der Waals surface area contributed by atoms with E-state index in [1.165, 1.54) is 12.8 Å². The average Bonchev–Trinajstić information content (AvgIpc) is 3.39. The summed E-state index contributed by atoms with van der Waals surface area (Å²) in [7, 11) is 0.